The molecule has 0 aliphatic heterocycles. The lowest BCUT2D eigenvalue weighted by molar-refractivity contribution is -0.384. The molecule has 0 heterocycles. The van der Waals surface area contributed by atoms with E-state index in [1.54, 1.807) is 0 Å². The summed E-state index contributed by atoms with van der Waals surface area (Å²) in [5, 5.41) is 19.0. The Balaban J connectivity index is 3.15. The molecule has 62 valence electrons. The van der Waals surface area contributed by atoms with Gasteiger partial charge in [0, 0.05) is 17.8 Å². The quantitative estimate of drug-likeness (QED) is 0.259. The van der Waals surface area contributed by atoms with Crippen molar-refractivity contribution >= 4 is 24.3 Å². The number of rotatable bonds is 2. The number of benzene rings is 1. The Hall–Kier alpha value is -1.56. The molecule has 6 heteroatoms. The van der Waals surface area contributed by atoms with Crippen LogP contribution in [0.25, 0.3) is 0 Å². The Morgan fingerprint density at radius 2 is 2.17 bits per heavy atom. The molecular weight excluding hydrogens is 159 g/mol. The molecule has 0 saturated heterocycles. The summed E-state index contributed by atoms with van der Waals surface area (Å²) in [5.74, 6) is 0. The van der Waals surface area contributed by atoms with Crippen LogP contribution in [0.5, 0.6) is 0 Å². The van der Waals surface area contributed by atoms with Gasteiger partial charge in [-0.05, 0) is 11.5 Å². The molecule has 0 saturated carbocycles. The topological polar surface area (TPSA) is 89.4 Å². The fourth-order valence-electron chi connectivity index (χ4n) is 0.896. The Bertz CT molecular complexity index is 316. The number of hydrogen-bond acceptors (Lipinski definition) is 4. The van der Waals surface area contributed by atoms with Crippen LogP contribution in [0.2, 0.25) is 0 Å². The molecule has 0 unspecified atom stereocenters. The Labute approximate surface area is 69.2 Å². The van der Waals surface area contributed by atoms with Gasteiger partial charge in [0.1, 0.15) is 0 Å². The van der Waals surface area contributed by atoms with Gasteiger partial charge in [0.2, 0.25) is 0 Å². The summed E-state index contributed by atoms with van der Waals surface area (Å²) in [5.41, 5.74) is 5.99. The molecule has 0 aliphatic carbocycles. The Morgan fingerprint density at radius 3 is 2.67 bits per heavy atom. The summed E-state index contributed by atoms with van der Waals surface area (Å²) in [7, 11) is -0.244. The first-order valence-electron chi connectivity index (χ1n) is 3.28. The van der Waals surface area contributed by atoms with E-state index in [9.17, 15) is 10.1 Å². The van der Waals surface area contributed by atoms with E-state index in [0.717, 1.165) is 0 Å². The molecule has 1 rings (SSSR count). The van der Waals surface area contributed by atoms with Gasteiger partial charge < -0.3 is 10.8 Å². The first-order valence-corrected chi connectivity index (χ1v) is 3.28. The number of nitrogens with zero attached hydrogens (tertiary/aromatic N) is 1. The first-order chi connectivity index (χ1) is 5.63. The van der Waals surface area contributed by atoms with E-state index in [-0.39, 0.29) is 18.9 Å². The molecule has 0 amide bonds. The van der Waals surface area contributed by atoms with Gasteiger partial charge in [-0.15, -0.1) is 0 Å². The number of anilines is 1. The van der Waals surface area contributed by atoms with Crippen molar-refractivity contribution < 1.29 is 9.95 Å². The summed E-state index contributed by atoms with van der Waals surface area (Å²) in [6.45, 7) is 0. The molecule has 0 radical (unpaired) electrons. The number of nitrogens with two attached hydrogens (primary N) is 1. The minimum absolute atomic E-state index is 0.0981. The molecule has 0 aromatic heterocycles. The van der Waals surface area contributed by atoms with E-state index in [1.807, 2.05) is 0 Å². The fraction of sp³-hybridized carbons (Fsp3) is 0. The van der Waals surface area contributed by atoms with Gasteiger partial charge >= 0.3 is 7.48 Å². The van der Waals surface area contributed by atoms with Crippen LogP contribution >= 0.6 is 0 Å². The number of hydrogen-bond donors (Lipinski definition) is 2. The minimum atomic E-state index is -0.546. The average Bonchev–Trinajstić information content (AvgIpc) is 2.03. The highest BCUT2D eigenvalue weighted by Gasteiger charge is 2.07. The molecule has 5 nitrogen and oxygen atoms in total. The number of nitro groups is 1. The summed E-state index contributed by atoms with van der Waals surface area (Å²) >= 11 is 0. The normalized spacial score (nSPS) is 9.42. The van der Waals surface area contributed by atoms with Gasteiger partial charge in [0.15, 0.2) is 0 Å². The second-order valence-corrected chi connectivity index (χ2v) is 2.35. The maximum absolute atomic E-state index is 10.3. The van der Waals surface area contributed by atoms with Crippen molar-refractivity contribution in [2.45, 2.75) is 0 Å². The van der Waals surface area contributed by atoms with Crippen LogP contribution in [0.1, 0.15) is 0 Å². The molecule has 12 heavy (non-hydrogen) atoms. The molecule has 1 aromatic carbocycles. The Kier molecular flexibility index (Phi) is 2.30. The number of nitro benzene ring substituents is 1. The van der Waals surface area contributed by atoms with Crippen molar-refractivity contribution in [1.82, 2.24) is 0 Å². The lowest BCUT2D eigenvalue weighted by Gasteiger charge is -1.97. The van der Waals surface area contributed by atoms with E-state index in [4.69, 9.17) is 10.8 Å². The van der Waals surface area contributed by atoms with Crippen LogP contribution in [0.4, 0.5) is 11.4 Å². The fourth-order valence-corrected chi connectivity index (χ4v) is 0.896. The Morgan fingerprint density at radius 1 is 1.50 bits per heavy atom. The molecule has 0 fully saturated rings. The van der Waals surface area contributed by atoms with Gasteiger partial charge in [-0.2, -0.15) is 0 Å². The molecule has 0 aliphatic rings. The molecule has 3 N–H and O–H groups in total. The zero-order valence-corrected chi connectivity index (χ0v) is 6.23. The summed E-state index contributed by atoms with van der Waals surface area (Å²) in [6, 6.07) is 4.03. The number of nitrogen functional groups attached to an aromatic ring is 1. The smallest absolute Gasteiger partial charge is 0.305 e. The van der Waals surface area contributed by atoms with Crippen molar-refractivity contribution in [2.75, 3.05) is 5.73 Å². The summed E-state index contributed by atoms with van der Waals surface area (Å²) < 4.78 is 0. The predicted molar refractivity (Wildman–Crippen MR) is 46.5 cm³/mol. The van der Waals surface area contributed by atoms with Crippen LogP contribution in [-0.2, 0) is 0 Å². The zero-order valence-electron chi connectivity index (χ0n) is 6.23. The van der Waals surface area contributed by atoms with Crippen LogP contribution < -0.4 is 11.2 Å². The van der Waals surface area contributed by atoms with Crippen molar-refractivity contribution in [3.05, 3.63) is 28.3 Å². The largest absolute Gasteiger partial charge is 0.449 e. The van der Waals surface area contributed by atoms with E-state index in [1.165, 1.54) is 18.2 Å². The summed E-state index contributed by atoms with van der Waals surface area (Å²) in [4.78, 5) is 9.74. The summed E-state index contributed by atoms with van der Waals surface area (Å²) in [6.07, 6.45) is 0. The van der Waals surface area contributed by atoms with E-state index in [0.29, 0.717) is 5.46 Å². The van der Waals surface area contributed by atoms with E-state index >= 15 is 0 Å². The minimum Gasteiger partial charge on any atom is -0.449 e. The van der Waals surface area contributed by atoms with Gasteiger partial charge in [-0.3, -0.25) is 10.1 Å². The molecule has 0 bridgehead atoms. The standard InChI is InChI=1S/C6H7BN2O3/c8-5-1-4(7-10)2-6(3-5)9(11)12/h1-3,7,10H,8H2. The van der Waals surface area contributed by atoms with Gasteiger partial charge in [0.25, 0.3) is 5.69 Å². The SMILES string of the molecule is Nc1cc(BO)cc([N+](=O)[O-])c1. The lowest BCUT2D eigenvalue weighted by atomic mass is 9.88. The van der Waals surface area contributed by atoms with Gasteiger partial charge in [-0.1, -0.05) is 0 Å². The van der Waals surface area contributed by atoms with Gasteiger partial charge in [-0.25, -0.2) is 0 Å². The van der Waals surface area contributed by atoms with Crippen LogP contribution in [0.3, 0.4) is 0 Å². The van der Waals surface area contributed by atoms with Crippen molar-refractivity contribution in [3.63, 3.8) is 0 Å². The highest BCUT2D eigenvalue weighted by molar-refractivity contribution is 6.45. The maximum Gasteiger partial charge on any atom is 0.305 e. The van der Waals surface area contributed by atoms with E-state index in [2.05, 4.69) is 0 Å². The van der Waals surface area contributed by atoms with Crippen LogP contribution in [0.15, 0.2) is 18.2 Å². The molecule has 1 aromatic rings. The van der Waals surface area contributed by atoms with Crippen molar-refractivity contribution in [2.24, 2.45) is 0 Å². The highest BCUT2D eigenvalue weighted by atomic mass is 16.6. The van der Waals surface area contributed by atoms with Crippen molar-refractivity contribution in [1.29, 1.82) is 0 Å². The third-order valence-electron chi connectivity index (χ3n) is 1.39. The van der Waals surface area contributed by atoms with E-state index < -0.39 is 4.92 Å². The predicted octanol–water partition coefficient (Wildman–Crippen LogP) is -0.854. The third kappa shape index (κ3) is 1.73. The maximum atomic E-state index is 10.3. The lowest BCUT2D eigenvalue weighted by Crippen LogP contribution is -2.14. The highest BCUT2D eigenvalue weighted by Crippen LogP contribution is 2.12. The van der Waals surface area contributed by atoms with Crippen LogP contribution in [-0.4, -0.2) is 17.4 Å². The molecule has 0 atom stereocenters. The van der Waals surface area contributed by atoms with Gasteiger partial charge in [0.05, 0.1) is 4.92 Å². The van der Waals surface area contributed by atoms with Crippen LogP contribution in [0, 0.1) is 10.1 Å². The first kappa shape index (κ1) is 8.54. The number of non-ortho nitro benzene ring substituents is 1. The zero-order chi connectivity index (χ0) is 9.14. The third-order valence-corrected chi connectivity index (χ3v) is 1.39. The second kappa shape index (κ2) is 3.23. The molecule has 0 spiro atoms. The molecular formula is C6H7BN2O3. The van der Waals surface area contributed by atoms with Crippen molar-refractivity contribution in [3.8, 4) is 0 Å². The average molecular weight is 166 g/mol. The monoisotopic (exact) mass is 166 g/mol. The second-order valence-electron chi connectivity index (χ2n) is 2.35.